The van der Waals surface area contributed by atoms with Crippen LogP contribution in [0.4, 0.5) is 0 Å². The molecule has 0 spiro atoms. The van der Waals surface area contributed by atoms with Crippen LogP contribution in [0.1, 0.15) is 91.9 Å². The van der Waals surface area contributed by atoms with Crippen LogP contribution < -0.4 is 56.5 Å². The third-order valence-corrected chi connectivity index (χ3v) is 10.0. The van der Waals surface area contributed by atoms with E-state index in [1.807, 2.05) is 24.3 Å². The summed E-state index contributed by atoms with van der Waals surface area (Å²) in [6.45, 7) is 6.74. The average molecular weight is 912 g/mol. The van der Waals surface area contributed by atoms with Crippen molar-refractivity contribution in [2.45, 2.75) is 59.7 Å². The van der Waals surface area contributed by atoms with Crippen LogP contribution in [-0.4, -0.2) is 64.5 Å². The first-order chi connectivity index (χ1) is 25.3. The minimum atomic E-state index is -1.20. The normalized spacial score (nSPS) is 13.1. The summed E-state index contributed by atoms with van der Waals surface area (Å²) in [6, 6.07) is 17.5. The Bertz CT molecular complexity index is 2070. The summed E-state index contributed by atoms with van der Waals surface area (Å²) in [5.41, 5.74) is 3.07. The number of carbonyl (C=O) groups excluding carboxylic acids is 3. The van der Waals surface area contributed by atoms with Crippen molar-refractivity contribution in [1.82, 2.24) is 9.80 Å². The number of rotatable bonds is 6. The van der Waals surface area contributed by atoms with Gasteiger partial charge in [0, 0.05) is 47.4 Å². The molecule has 4 aromatic rings. The maximum Gasteiger partial charge on any atom is 1.00 e. The molecular weight excluding hydrogens is 872 g/mol. The van der Waals surface area contributed by atoms with E-state index >= 15 is 0 Å². The number of fused-ring (bicyclic) bond motifs is 2. The molecule has 1 N–H and O–H groups in total. The van der Waals surface area contributed by atoms with Crippen LogP contribution in [0, 0.1) is 0 Å². The maximum atomic E-state index is 12.8. The molecule has 2 aliphatic rings. The van der Waals surface area contributed by atoms with E-state index < -0.39 is 17.5 Å². The second kappa shape index (κ2) is 21.9. The number of hydrogen-bond donors (Lipinski definition) is 1. The molecule has 0 aromatic heterocycles. The van der Waals surface area contributed by atoms with Gasteiger partial charge in [0.15, 0.2) is 0 Å². The van der Waals surface area contributed by atoms with Gasteiger partial charge in [-0.05, 0) is 71.5 Å². The Morgan fingerprint density at radius 1 is 0.714 bits per heavy atom. The third-order valence-electron chi connectivity index (χ3n) is 8.11. The van der Waals surface area contributed by atoms with Gasteiger partial charge in [-0.2, -0.15) is 0 Å². The Labute approximate surface area is 399 Å². The summed E-state index contributed by atoms with van der Waals surface area (Å²) in [5.74, 6) is -2.21. The molecule has 9 nitrogen and oxygen atoms in total. The Balaban J connectivity index is 0.000000335. The van der Waals surface area contributed by atoms with Gasteiger partial charge in [0.25, 0.3) is 11.8 Å². The molecule has 2 heterocycles. The van der Waals surface area contributed by atoms with Crippen molar-refractivity contribution >= 4 is 93.4 Å². The van der Waals surface area contributed by atoms with Crippen molar-refractivity contribution < 1.29 is 85.5 Å². The van der Waals surface area contributed by atoms with Crippen molar-refractivity contribution in [3.8, 4) is 0 Å². The molecular formula is C40H39Cl6KN2O7. The number of methoxy groups -OCH3 is 1. The zero-order valence-electron chi connectivity index (χ0n) is 30.6. The predicted molar refractivity (Wildman–Crippen MR) is 217 cm³/mol. The number of carbonyl (C=O) groups is 4. The SMILES string of the molecule is C.CC(C)(C)[O-].COC(=O)c1c(Cl)cc2c(c1Cl)CCN(Cc1ccc(Cl)cc1)C2=O.O=C(O)c1c(Cl)cc2c(c1Cl)CCN(Cc1ccc(Cl)cc1)C2=O.[K+]. The number of halogens is 6. The quantitative estimate of drug-likeness (QED) is 0.164. The molecule has 56 heavy (non-hydrogen) atoms. The Morgan fingerprint density at radius 2 is 1.05 bits per heavy atom. The van der Waals surface area contributed by atoms with Crippen molar-refractivity contribution in [2.75, 3.05) is 20.2 Å². The van der Waals surface area contributed by atoms with Crippen molar-refractivity contribution in [3.05, 3.63) is 135 Å². The number of benzene rings is 4. The van der Waals surface area contributed by atoms with Gasteiger partial charge in [-0.3, -0.25) is 9.59 Å². The molecule has 2 aliphatic heterocycles. The van der Waals surface area contributed by atoms with E-state index in [1.54, 1.807) is 54.8 Å². The van der Waals surface area contributed by atoms with Crippen LogP contribution in [-0.2, 0) is 30.7 Å². The van der Waals surface area contributed by atoms with Gasteiger partial charge in [0.2, 0.25) is 0 Å². The van der Waals surface area contributed by atoms with Crippen LogP contribution >= 0.6 is 69.6 Å². The summed E-state index contributed by atoms with van der Waals surface area (Å²) in [4.78, 5) is 52.0. The largest absolute Gasteiger partial charge is 1.00 e. The molecule has 6 rings (SSSR count). The van der Waals surface area contributed by atoms with Crippen LogP contribution in [0.2, 0.25) is 30.1 Å². The molecule has 0 aliphatic carbocycles. The molecule has 2 amide bonds. The first-order valence-electron chi connectivity index (χ1n) is 16.4. The number of aromatic carboxylic acids is 1. The van der Waals surface area contributed by atoms with Gasteiger partial charge in [-0.1, -0.05) is 122 Å². The monoisotopic (exact) mass is 908 g/mol. The molecule has 0 atom stereocenters. The summed E-state index contributed by atoms with van der Waals surface area (Å²) < 4.78 is 4.71. The predicted octanol–water partition coefficient (Wildman–Crippen LogP) is 6.96. The second-order valence-corrected chi connectivity index (χ2v) is 15.7. The molecule has 294 valence electrons. The smallest absolute Gasteiger partial charge is 0.850 e. The molecule has 4 aromatic carbocycles. The van der Waals surface area contributed by atoms with Crippen LogP contribution in [0.3, 0.4) is 0 Å². The minimum Gasteiger partial charge on any atom is -0.850 e. The van der Waals surface area contributed by atoms with Crippen molar-refractivity contribution in [1.29, 1.82) is 0 Å². The fourth-order valence-electron chi connectivity index (χ4n) is 5.64. The molecule has 0 fully saturated rings. The van der Waals surface area contributed by atoms with Gasteiger partial charge in [-0.15, -0.1) is 5.60 Å². The van der Waals surface area contributed by atoms with Crippen LogP contribution in [0.15, 0.2) is 60.7 Å². The van der Waals surface area contributed by atoms with E-state index in [1.165, 1.54) is 19.2 Å². The summed E-state index contributed by atoms with van der Waals surface area (Å²) in [7, 11) is 1.26. The van der Waals surface area contributed by atoms with E-state index in [9.17, 15) is 29.4 Å². The molecule has 0 radical (unpaired) electrons. The van der Waals surface area contributed by atoms with Crippen LogP contribution in [0.5, 0.6) is 0 Å². The summed E-state index contributed by atoms with van der Waals surface area (Å²) >= 11 is 36.4. The van der Waals surface area contributed by atoms with Crippen molar-refractivity contribution in [2.24, 2.45) is 0 Å². The number of carboxylic acid groups (broad SMARTS) is 1. The number of carboxylic acids is 1. The third kappa shape index (κ3) is 13.0. The van der Waals surface area contributed by atoms with E-state index in [2.05, 4.69) is 0 Å². The number of esters is 1. The zero-order chi connectivity index (χ0) is 40.1. The molecule has 16 heteroatoms. The maximum absolute atomic E-state index is 12.8. The minimum absolute atomic E-state index is 0. The molecule has 0 saturated carbocycles. The van der Waals surface area contributed by atoms with Gasteiger partial charge in [0.1, 0.15) is 0 Å². The van der Waals surface area contributed by atoms with Gasteiger partial charge in [-0.25, -0.2) is 9.59 Å². The topological polar surface area (TPSA) is 127 Å². The molecule has 0 bridgehead atoms. The van der Waals surface area contributed by atoms with Crippen molar-refractivity contribution in [3.63, 3.8) is 0 Å². The van der Waals surface area contributed by atoms with E-state index in [-0.39, 0.29) is 102 Å². The number of amides is 2. The van der Waals surface area contributed by atoms with Gasteiger partial charge >= 0.3 is 63.3 Å². The first-order valence-corrected chi connectivity index (χ1v) is 18.7. The Kier molecular flexibility index (Phi) is 19.7. The molecule has 0 unspecified atom stereocenters. The fraction of sp³-hybridized carbons (Fsp3) is 0.300. The summed E-state index contributed by atoms with van der Waals surface area (Å²) in [6.07, 6.45) is 1.01. The number of hydrogen-bond acceptors (Lipinski definition) is 6. The van der Waals surface area contributed by atoms with Gasteiger partial charge in [0.05, 0.1) is 38.3 Å². The zero-order valence-corrected chi connectivity index (χ0v) is 38.2. The van der Waals surface area contributed by atoms with E-state index in [4.69, 9.17) is 74.3 Å². The molecule has 0 saturated heterocycles. The fourth-order valence-corrected chi connectivity index (χ4v) is 7.30. The standard InChI is InChI=1S/C18H14Cl3NO3.C17H12Cl3NO3.C4H9O.CH4.K/c1-25-18(24)15-14(20)8-13-12(16(15)21)6-7-22(17(13)23)9-10-2-4-11(19)5-3-10;18-10-3-1-9(2-4-10)8-21-6-5-11-12(16(21)22)7-13(19)14(15(11)20)17(23)24;1-4(2,3)5;;/h2-5,8H,6-7,9H2,1H3;1-4,7H,5-6,8H2,(H,23,24);1-3H3;1H4;/q;;-1;;+1. The van der Waals surface area contributed by atoms with E-state index in [0.29, 0.717) is 71.3 Å². The average Bonchev–Trinajstić information content (AvgIpc) is 3.09. The number of ether oxygens (including phenoxy) is 1. The van der Waals surface area contributed by atoms with Gasteiger partial charge < -0.3 is 24.7 Å². The van der Waals surface area contributed by atoms with Crippen LogP contribution in [0.25, 0.3) is 0 Å². The number of nitrogens with zero attached hydrogens (tertiary/aromatic N) is 2. The second-order valence-electron chi connectivity index (χ2n) is 13.3. The Hall–Kier alpha value is -1.90. The van der Waals surface area contributed by atoms with E-state index in [0.717, 1.165) is 11.1 Å². The Morgan fingerprint density at radius 3 is 1.39 bits per heavy atom. The first kappa shape index (κ1) is 50.2. The summed E-state index contributed by atoms with van der Waals surface area (Å²) in [5, 5.41) is 20.9.